The van der Waals surface area contributed by atoms with E-state index in [0.717, 1.165) is 6.26 Å². The van der Waals surface area contributed by atoms with E-state index in [-0.39, 0.29) is 21.3 Å². The Morgan fingerprint density at radius 2 is 1.58 bits per heavy atom. The molecule has 24 heavy (non-hydrogen) atoms. The van der Waals surface area contributed by atoms with Gasteiger partial charge in [-0.15, -0.1) is 0 Å². The van der Waals surface area contributed by atoms with Gasteiger partial charge in [-0.1, -0.05) is 11.6 Å². The number of ether oxygens (including phenoxy) is 1. The standard InChI is InChI=1S/C14H15ClN2O5S2/c1-22-11-4-6-12(7-5-11)24(20,21)16-10-3-8-14(13(15)9-10)17-23(2,18)19/h3-9,16-17H,1-2H3. The molecule has 0 spiro atoms. The third kappa shape index (κ3) is 4.76. The molecular weight excluding hydrogens is 376 g/mol. The number of hydrogen-bond donors (Lipinski definition) is 2. The average Bonchev–Trinajstić information content (AvgIpc) is 2.48. The van der Waals surface area contributed by atoms with E-state index < -0.39 is 20.0 Å². The normalized spacial score (nSPS) is 11.8. The van der Waals surface area contributed by atoms with Crippen LogP contribution >= 0.6 is 11.6 Å². The zero-order valence-corrected chi connectivity index (χ0v) is 15.2. The van der Waals surface area contributed by atoms with Gasteiger partial charge in [-0.05, 0) is 42.5 Å². The molecule has 2 N–H and O–H groups in total. The lowest BCUT2D eigenvalue weighted by Gasteiger charge is -2.11. The molecule has 0 amide bonds. The summed E-state index contributed by atoms with van der Waals surface area (Å²) in [6.45, 7) is 0. The summed E-state index contributed by atoms with van der Waals surface area (Å²) >= 11 is 5.97. The molecule has 0 radical (unpaired) electrons. The smallest absolute Gasteiger partial charge is 0.261 e. The van der Waals surface area contributed by atoms with Crippen molar-refractivity contribution in [3.05, 3.63) is 47.5 Å². The van der Waals surface area contributed by atoms with E-state index in [9.17, 15) is 16.8 Å². The fraction of sp³-hybridized carbons (Fsp3) is 0.143. The van der Waals surface area contributed by atoms with E-state index in [1.807, 2.05) is 0 Å². The Balaban J connectivity index is 2.24. The first kappa shape index (κ1) is 18.4. The highest BCUT2D eigenvalue weighted by molar-refractivity contribution is 7.92. The number of benzene rings is 2. The predicted molar refractivity (Wildman–Crippen MR) is 93.7 cm³/mol. The molecule has 0 aliphatic carbocycles. The van der Waals surface area contributed by atoms with Crippen molar-refractivity contribution in [2.24, 2.45) is 0 Å². The van der Waals surface area contributed by atoms with Gasteiger partial charge in [-0.25, -0.2) is 16.8 Å². The quantitative estimate of drug-likeness (QED) is 0.789. The van der Waals surface area contributed by atoms with Gasteiger partial charge in [-0.3, -0.25) is 9.44 Å². The van der Waals surface area contributed by atoms with Crippen LogP contribution in [0.5, 0.6) is 5.75 Å². The lowest BCUT2D eigenvalue weighted by molar-refractivity contribution is 0.414. The van der Waals surface area contributed by atoms with Gasteiger partial charge < -0.3 is 4.74 Å². The van der Waals surface area contributed by atoms with Crippen molar-refractivity contribution in [3.8, 4) is 5.75 Å². The molecule has 0 aliphatic heterocycles. The first-order valence-electron chi connectivity index (χ1n) is 6.55. The lowest BCUT2D eigenvalue weighted by atomic mass is 10.3. The first-order valence-corrected chi connectivity index (χ1v) is 10.3. The fourth-order valence-electron chi connectivity index (χ4n) is 1.83. The van der Waals surface area contributed by atoms with Crippen LogP contribution in [0, 0.1) is 0 Å². The molecule has 0 fully saturated rings. The molecule has 0 bridgehead atoms. The Labute approximate surface area is 145 Å². The summed E-state index contributed by atoms with van der Waals surface area (Å²) in [6, 6.07) is 9.96. The number of sulfonamides is 2. The third-order valence-electron chi connectivity index (χ3n) is 2.89. The molecule has 2 rings (SSSR count). The molecule has 0 unspecified atom stereocenters. The van der Waals surface area contributed by atoms with Crippen molar-refractivity contribution in [3.63, 3.8) is 0 Å². The Kier molecular flexibility index (Phi) is 5.26. The maximum absolute atomic E-state index is 12.3. The van der Waals surface area contributed by atoms with Crippen LogP contribution < -0.4 is 14.2 Å². The molecule has 7 nitrogen and oxygen atoms in total. The Hall–Kier alpha value is -1.97. The van der Waals surface area contributed by atoms with Gasteiger partial charge >= 0.3 is 0 Å². The summed E-state index contributed by atoms with van der Waals surface area (Å²) in [4.78, 5) is 0.0535. The summed E-state index contributed by atoms with van der Waals surface area (Å²) in [5.74, 6) is 0.535. The Bertz CT molecular complexity index is 942. The number of methoxy groups -OCH3 is 1. The van der Waals surface area contributed by atoms with Crippen LogP contribution in [0.3, 0.4) is 0 Å². The molecular formula is C14H15ClN2O5S2. The maximum atomic E-state index is 12.3. The maximum Gasteiger partial charge on any atom is 0.261 e. The van der Waals surface area contributed by atoms with Crippen LogP contribution in [-0.2, 0) is 20.0 Å². The minimum Gasteiger partial charge on any atom is -0.497 e. The van der Waals surface area contributed by atoms with Gasteiger partial charge in [0, 0.05) is 0 Å². The Morgan fingerprint density at radius 3 is 2.08 bits per heavy atom. The van der Waals surface area contributed by atoms with Crippen molar-refractivity contribution >= 4 is 43.0 Å². The molecule has 10 heteroatoms. The van der Waals surface area contributed by atoms with Crippen LogP contribution in [0.1, 0.15) is 0 Å². The largest absolute Gasteiger partial charge is 0.497 e. The summed E-state index contributed by atoms with van der Waals surface area (Å²) in [7, 11) is -5.81. The van der Waals surface area contributed by atoms with Crippen molar-refractivity contribution in [2.75, 3.05) is 22.8 Å². The van der Waals surface area contributed by atoms with E-state index in [1.165, 1.54) is 49.6 Å². The second-order valence-corrected chi connectivity index (χ2v) is 8.69. The van der Waals surface area contributed by atoms with Gasteiger partial charge in [0.2, 0.25) is 10.0 Å². The van der Waals surface area contributed by atoms with Crippen molar-refractivity contribution in [2.45, 2.75) is 4.90 Å². The molecule has 2 aromatic carbocycles. The summed E-state index contributed by atoms with van der Waals surface area (Å²) < 4.78 is 56.6. The van der Waals surface area contributed by atoms with Crippen LogP contribution in [0.15, 0.2) is 47.4 Å². The van der Waals surface area contributed by atoms with E-state index in [4.69, 9.17) is 16.3 Å². The van der Waals surface area contributed by atoms with E-state index in [1.54, 1.807) is 0 Å². The second-order valence-electron chi connectivity index (χ2n) is 4.85. The van der Waals surface area contributed by atoms with Gasteiger partial charge in [0.1, 0.15) is 5.75 Å². The number of halogens is 1. The third-order valence-corrected chi connectivity index (χ3v) is 5.19. The number of rotatable bonds is 6. The second kappa shape index (κ2) is 6.88. The summed E-state index contributed by atoms with van der Waals surface area (Å²) in [6.07, 6.45) is 0.990. The molecule has 2 aromatic rings. The van der Waals surface area contributed by atoms with Gasteiger partial charge in [0.25, 0.3) is 10.0 Å². The van der Waals surface area contributed by atoms with Crippen LogP contribution in [0.4, 0.5) is 11.4 Å². The highest BCUT2D eigenvalue weighted by Gasteiger charge is 2.15. The topological polar surface area (TPSA) is 102 Å². The van der Waals surface area contributed by atoms with E-state index >= 15 is 0 Å². The molecule has 130 valence electrons. The summed E-state index contributed by atoms with van der Waals surface area (Å²) in [5.41, 5.74) is 0.362. The molecule has 0 aliphatic rings. The molecule has 0 saturated heterocycles. The molecule has 0 aromatic heterocycles. The predicted octanol–water partition coefficient (Wildman–Crippen LogP) is 2.52. The van der Waals surface area contributed by atoms with Crippen molar-refractivity contribution in [1.82, 2.24) is 0 Å². The van der Waals surface area contributed by atoms with E-state index in [0.29, 0.717) is 5.75 Å². The molecule has 0 atom stereocenters. The fourth-order valence-corrected chi connectivity index (χ4v) is 3.74. The zero-order chi connectivity index (χ0) is 18.0. The van der Waals surface area contributed by atoms with Crippen LogP contribution in [0.25, 0.3) is 0 Å². The lowest BCUT2D eigenvalue weighted by Crippen LogP contribution is -2.13. The highest BCUT2D eigenvalue weighted by atomic mass is 35.5. The molecule has 0 saturated carbocycles. The van der Waals surface area contributed by atoms with Crippen LogP contribution in [0.2, 0.25) is 5.02 Å². The SMILES string of the molecule is COc1ccc(S(=O)(=O)Nc2ccc(NS(C)(=O)=O)c(Cl)c2)cc1. The first-order chi connectivity index (χ1) is 11.1. The number of hydrogen-bond acceptors (Lipinski definition) is 5. The number of nitrogens with one attached hydrogen (secondary N) is 2. The summed E-state index contributed by atoms with van der Waals surface area (Å²) in [5, 5.41) is 0.0651. The molecule has 0 heterocycles. The van der Waals surface area contributed by atoms with Gasteiger partial charge in [0.15, 0.2) is 0 Å². The number of anilines is 2. The monoisotopic (exact) mass is 390 g/mol. The van der Waals surface area contributed by atoms with Crippen LogP contribution in [-0.4, -0.2) is 30.2 Å². The minimum atomic E-state index is -3.81. The highest BCUT2D eigenvalue weighted by Crippen LogP contribution is 2.27. The van der Waals surface area contributed by atoms with E-state index in [2.05, 4.69) is 9.44 Å². The van der Waals surface area contributed by atoms with Crippen molar-refractivity contribution < 1.29 is 21.6 Å². The van der Waals surface area contributed by atoms with Crippen molar-refractivity contribution in [1.29, 1.82) is 0 Å². The average molecular weight is 391 g/mol. The van der Waals surface area contributed by atoms with Gasteiger partial charge in [-0.2, -0.15) is 0 Å². The zero-order valence-electron chi connectivity index (χ0n) is 12.8. The Morgan fingerprint density at radius 1 is 0.958 bits per heavy atom. The minimum absolute atomic E-state index is 0.0535. The van der Waals surface area contributed by atoms with Gasteiger partial charge in [0.05, 0.1) is 34.7 Å².